The standard InChI is InChI=1S/C65H110O6/c1-4-7-10-13-16-19-22-25-27-29-31-32-34-35-37-40-43-46-49-52-55-58-64(67)70-61-62(60-69-63(66)57-54-51-48-45-42-39-24-21-18-15-12-9-6-3)71-65(68)59-56-53-50-47-44-41-38-36-33-30-28-26-23-20-17-14-11-8-5-2/h12,15,17,20-22,24-26,28-29,31,33-36,62H,4-11,13-14,16,18-19,23,27,30,32,37-61H2,1-3H3/b15-12-,20-17-,24-21-,25-22-,28-26-,31-29-,35-34-,36-33-. The third-order valence-corrected chi connectivity index (χ3v) is 12.5. The molecular formula is C65H110O6. The minimum absolute atomic E-state index is 0.0950. The third kappa shape index (κ3) is 57.1. The van der Waals surface area contributed by atoms with Gasteiger partial charge in [0, 0.05) is 19.3 Å². The van der Waals surface area contributed by atoms with Crippen LogP contribution in [0.5, 0.6) is 0 Å². The number of unbranched alkanes of at least 4 members (excludes halogenated alkanes) is 26. The molecule has 0 amide bonds. The molecule has 0 radical (unpaired) electrons. The van der Waals surface area contributed by atoms with Crippen LogP contribution in [0, 0.1) is 0 Å². The topological polar surface area (TPSA) is 78.9 Å². The highest BCUT2D eigenvalue weighted by atomic mass is 16.6. The molecule has 0 rings (SSSR count). The maximum atomic E-state index is 12.9. The summed E-state index contributed by atoms with van der Waals surface area (Å²) in [5.74, 6) is -0.930. The van der Waals surface area contributed by atoms with Gasteiger partial charge in [-0.15, -0.1) is 0 Å². The summed E-state index contributed by atoms with van der Waals surface area (Å²) in [4.78, 5) is 38.2. The monoisotopic (exact) mass is 987 g/mol. The quantitative estimate of drug-likeness (QED) is 0.0261. The first kappa shape index (κ1) is 67.3. The third-order valence-electron chi connectivity index (χ3n) is 12.5. The lowest BCUT2D eigenvalue weighted by atomic mass is 10.1. The van der Waals surface area contributed by atoms with Crippen LogP contribution in [0.2, 0.25) is 0 Å². The fourth-order valence-electron chi connectivity index (χ4n) is 8.02. The second-order valence-corrected chi connectivity index (χ2v) is 19.5. The summed E-state index contributed by atoms with van der Waals surface area (Å²) >= 11 is 0. The Morgan fingerprint density at radius 1 is 0.282 bits per heavy atom. The van der Waals surface area contributed by atoms with Crippen molar-refractivity contribution in [2.75, 3.05) is 13.2 Å². The van der Waals surface area contributed by atoms with Crippen LogP contribution in [0.1, 0.15) is 278 Å². The molecule has 1 atom stereocenters. The van der Waals surface area contributed by atoms with E-state index in [2.05, 4.69) is 118 Å². The molecule has 0 saturated carbocycles. The van der Waals surface area contributed by atoms with Gasteiger partial charge in [-0.2, -0.15) is 0 Å². The van der Waals surface area contributed by atoms with Crippen LogP contribution in [-0.2, 0) is 28.6 Å². The minimum Gasteiger partial charge on any atom is -0.462 e. The number of carbonyl (C=O) groups excluding carboxylic acids is 3. The van der Waals surface area contributed by atoms with Crippen LogP contribution < -0.4 is 0 Å². The summed E-state index contributed by atoms with van der Waals surface area (Å²) in [5.41, 5.74) is 0. The van der Waals surface area contributed by atoms with E-state index in [1.54, 1.807) is 0 Å². The van der Waals surface area contributed by atoms with Crippen LogP contribution in [0.4, 0.5) is 0 Å². The van der Waals surface area contributed by atoms with Crippen LogP contribution in [-0.4, -0.2) is 37.2 Å². The van der Waals surface area contributed by atoms with Crippen molar-refractivity contribution >= 4 is 17.9 Å². The van der Waals surface area contributed by atoms with Crippen molar-refractivity contribution in [1.82, 2.24) is 0 Å². The van der Waals surface area contributed by atoms with Crippen molar-refractivity contribution in [2.45, 2.75) is 284 Å². The van der Waals surface area contributed by atoms with Gasteiger partial charge in [0.05, 0.1) is 0 Å². The molecule has 0 aliphatic rings. The fourth-order valence-corrected chi connectivity index (χ4v) is 8.02. The molecular weight excluding hydrogens is 877 g/mol. The number of hydrogen-bond donors (Lipinski definition) is 0. The molecule has 0 aromatic carbocycles. The first-order valence-corrected chi connectivity index (χ1v) is 29.7. The van der Waals surface area contributed by atoms with E-state index < -0.39 is 6.10 Å². The Balaban J connectivity index is 4.43. The van der Waals surface area contributed by atoms with Crippen molar-refractivity contribution in [3.63, 3.8) is 0 Å². The molecule has 1 unspecified atom stereocenters. The summed E-state index contributed by atoms with van der Waals surface area (Å²) in [6, 6.07) is 0. The lowest BCUT2D eigenvalue weighted by Gasteiger charge is -2.18. The Kier molecular flexibility index (Phi) is 55.9. The summed E-state index contributed by atoms with van der Waals surface area (Å²) in [6.45, 7) is 6.51. The molecule has 0 saturated heterocycles. The number of esters is 3. The second-order valence-electron chi connectivity index (χ2n) is 19.5. The molecule has 6 nitrogen and oxygen atoms in total. The highest BCUT2D eigenvalue weighted by molar-refractivity contribution is 5.71. The zero-order chi connectivity index (χ0) is 51.4. The lowest BCUT2D eigenvalue weighted by Crippen LogP contribution is -2.30. The molecule has 0 aliphatic heterocycles. The summed E-state index contributed by atoms with van der Waals surface area (Å²) in [6.07, 6.45) is 78.2. The average Bonchev–Trinajstić information content (AvgIpc) is 3.37. The predicted molar refractivity (Wildman–Crippen MR) is 307 cm³/mol. The molecule has 406 valence electrons. The van der Waals surface area contributed by atoms with Gasteiger partial charge in [-0.3, -0.25) is 14.4 Å². The highest BCUT2D eigenvalue weighted by Gasteiger charge is 2.19. The average molecular weight is 988 g/mol. The van der Waals surface area contributed by atoms with Gasteiger partial charge >= 0.3 is 17.9 Å². The summed E-state index contributed by atoms with van der Waals surface area (Å²) in [7, 11) is 0. The molecule has 0 bridgehead atoms. The Morgan fingerprint density at radius 2 is 0.535 bits per heavy atom. The molecule has 0 aliphatic carbocycles. The highest BCUT2D eigenvalue weighted by Crippen LogP contribution is 2.14. The molecule has 0 fully saturated rings. The number of allylic oxidation sites excluding steroid dienone is 16. The maximum Gasteiger partial charge on any atom is 0.306 e. The smallest absolute Gasteiger partial charge is 0.306 e. The van der Waals surface area contributed by atoms with Crippen LogP contribution >= 0.6 is 0 Å². The molecule has 6 heteroatoms. The van der Waals surface area contributed by atoms with Crippen molar-refractivity contribution in [2.24, 2.45) is 0 Å². The van der Waals surface area contributed by atoms with Crippen molar-refractivity contribution in [1.29, 1.82) is 0 Å². The number of hydrogen-bond acceptors (Lipinski definition) is 6. The van der Waals surface area contributed by atoms with Gasteiger partial charge in [-0.05, 0) is 122 Å². The largest absolute Gasteiger partial charge is 0.462 e. The van der Waals surface area contributed by atoms with E-state index >= 15 is 0 Å². The maximum absolute atomic E-state index is 12.9. The molecule has 0 N–H and O–H groups in total. The van der Waals surface area contributed by atoms with E-state index in [1.807, 2.05) is 0 Å². The first-order valence-electron chi connectivity index (χ1n) is 29.7. The van der Waals surface area contributed by atoms with Crippen LogP contribution in [0.3, 0.4) is 0 Å². The van der Waals surface area contributed by atoms with E-state index in [0.29, 0.717) is 19.3 Å². The molecule has 0 aromatic heterocycles. The van der Waals surface area contributed by atoms with Crippen molar-refractivity contribution in [3.05, 3.63) is 97.2 Å². The fraction of sp³-hybridized carbons (Fsp3) is 0.708. The number of rotatable bonds is 53. The van der Waals surface area contributed by atoms with Gasteiger partial charge in [0.1, 0.15) is 13.2 Å². The van der Waals surface area contributed by atoms with Gasteiger partial charge < -0.3 is 14.2 Å². The molecule has 0 heterocycles. The van der Waals surface area contributed by atoms with E-state index in [-0.39, 0.29) is 31.1 Å². The summed E-state index contributed by atoms with van der Waals surface area (Å²) in [5, 5.41) is 0. The molecule has 0 aromatic rings. The summed E-state index contributed by atoms with van der Waals surface area (Å²) < 4.78 is 16.9. The van der Waals surface area contributed by atoms with Gasteiger partial charge in [-0.25, -0.2) is 0 Å². The van der Waals surface area contributed by atoms with E-state index in [4.69, 9.17) is 14.2 Å². The van der Waals surface area contributed by atoms with Gasteiger partial charge in [-0.1, -0.05) is 234 Å². The number of ether oxygens (including phenoxy) is 3. The van der Waals surface area contributed by atoms with Crippen LogP contribution in [0.25, 0.3) is 0 Å². The number of carbonyl (C=O) groups is 3. The van der Waals surface area contributed by atoms with Gasteiger partial charge in [0.15, 0.2) is 6.10 Å². The van der Waals surface area contributed by atoms with E-state index in [0.717, 1.165) is 135 Å². The van der Waals surface area contributed by atoms with Gasteiger partial charge in [0.2, 0.25) is 0 Å². The predicted octanol–water partition coefficient (Wildman–Crippen LogP) is 20.1. The Bertz CT molecular complexity index is 1410. The van der Waals surface area contributed by atoms with Crippen molar-refractivity contribution in [3.8, 4) is 0 Å². The zero-order valence-corrected chi connectivity index (χ0v) is 46.5. The Hall–Kier alpha value is -3.67. The SMILES string of the molecule is CCC/C=C\C/C=C\CCCCCCCC(=O)OCC(COC(=O)CCCCCCCC/C=C\C/C=C\C/C=C\CCCCCCC)OC(=O)CCCCCCCC/C=C\C/C=C\C/C=C\CCCCC. The Labute approximate surface area is 438 Å². The Morgan fingerprint density at radius 3 is 0.873 bits per heavy atom. The second kappa shape index (κ2) is 58.9. The van der Waals surface area contributed by atoms with E-state index in [9.17, 15) is 14.4 Å². The molecule has 0 spiro atoms. The molecule has 71 heavy (non-hydrogen) atoms. The normalized spacial score (nSPS) is 12.8. The lowest BCUT2D eigenvalue weighted by molar-refractivity contribution is -0.167. The van der Waals surface area contributed by atoms with E-state index in [1.165, 1.54) is 103 Å². The van der Waals surface area contributed by atoms with Crippen molar-refractivity contribution < 1.29 is 28.6 Å². The minimum atomic E-state index is -0.798. The van der Waals surface area contributed by atoms with Gasteiger partial charge in [0.25, 0.3) is 0 Å². The van der Waals surface area contributed by atoms with Crippen LogP contribution in [0.15, 0.2) is 97.2 Å². The first-order chi connectivity index (χ1) is 35.0. The zero-order valence-electron chi connectivity index (χ0n) is 46.5.